The van der Waals surface area contributed by atoms with Gasteiger partial charge in [0.1, 0.15) is 10.8 Å². The molecule has 1 aromatic heterocycles. The molecule has 0 bridgehead atoms. The Kier molecular flexibility index (Phi) is 7.16. The predicted molar refractivity (Wildman–Crippen MR) is 147 cm³/mol. The molecule has 1 saturated heterocycles. The third-order valence-electron chi connectivity index (χ3n) is 6.95. The van der Waals surface area contributed by atoms with Crippen LogP contribution in [0.3, 0.4) is 0 Å². The van der Waals surface area contributed by atoms with Gasteiger partial charge in [-0.15, -0.1) is 11.3 Å². The number of aryl methyl sites for hydroxylation is 1. The molecule has 5 rings (SSSR count). The summed E-state index contributed by atoms with van der Waals surface area (Å²) in [6.07, 6.45) is 0. The van der Waals surface area contributed by atoms with Crippen molar-refractivity contribution in [1.82, 2.24) is 4.90 Å². The minimum atomic E-state index is -0.248. The number of anilines is 2. The lowest BCUT2D eigenvalue weighted by Crippen LogP contribution is -2.48. The maximum atomic E-state index is 13.9. The van der Waals surface area contributed by atoms with Crippen molar-refractivity contribution < 1.29 is 9.18 Å². The molecule has 1 fully saturated rings. The Bertz CT molecular complexity index is 1310. The van der Waals surface area contributed by atoms with E-state index in [9.17, 15) is 9.18 Å². The van der Waals surface area contributed by atoms with Crippen molar-refractivity contribution in [3.05, 3.63) is 118 Å². The number of rotatable bonds is 6. The molecular formula is C30H30FN3OS. The SMILES string of the molecule is Cc1sc(NC(=O)c2ccccc2)c([C@@H](c2ccc(F)cc2)N2CCN(c3ccccc3)CC2)c1C. The van der Waals surface area contributed by atoms with Crippen LogP contribution in [-0.4, -0.2) is 37.0 Å². The van der Waals surface area contributed by atoms with Crippen LogP contribution in [0.2, 0.25) is 0 Å². The molecule has 0 spiro atoms. The molecule has 1 N–H and O–H groups in total. The minimum Gasteiger partial charge on any atom is -0.369 e. The highest BCUT2D eigenvalue weighted by atomic mass is 32.1. The van der Waals surface area contributed by atoms with Crippen LogP contribution in [0.15, 0.2) is 84.9 Å². The van der Waals surface area contributed by atoms with Crippen molar-refractivity contribution in [2.45, 2.75) is 19.9 Å². The Labute approximate surface area is 216 Å². The van der Waals surface area contributed by atoms with E-state index in [1.807, 2.05) is 48.5 Å². The van der Waals surface area contributed by atoms with Crippen LogP contribution in [0.4, 0.5) is 15.1 Å². The number of para-hydroxylation sites is 1. The molecular weight excluding hydrogens is 469 g/mol. The van der Waals surface area contributed by atoms with Crippen LogP contribution >= 0.6 is 11.3 Å². The van der Waals surface area contributed by atoms with Crippen molar-refractivity contribution in [3.8, 4) is 0 Å². The Balaban J connectivity index is 1.49. The maximum absolute atomic E-state index is 13.9. The topological polar surface area (TPSA) is 35.6 Å². The molecule has 1 aliphatic rings. The molecule has 184 valence electrons. The van der Waals surface area contributed by atoms with Crippen molar-refractivity contribution >= 4 is 27.9 Å². The lowest BCUT2D eigenvalue weighted by Gasteiger charge is -2.41. The summed E-state index contributed by atoms with van der Waals surface area (Å²) in [5.74, 6) is -0.368. The standard InChI is InChI=1S/C30H30FN3OS/c1-21-22(2)36-30(32-29(35)24-9-5-3-6-10-24)27(21)28(23-13-15-25(31)16-14-23)34-19-17-33(18-20-34)26-11-7-4-8-12-26/h3-16,28H,17-20H2,1-2H3,(H,32,35)/t28-/m1/s1. The van der Waals surface area contributed by atoms with Crippen molar-refractivity contribution in [2.24, 2.45) is 0 Å². The third kappa shape index (κ3) is 5.06. The van der Waals surface area contributed by atoms with E-state index in [1.54, 1.807) is 11.3 Å². The summed E-state index contributed by atoms with van der Waals surface area (Å²) in [5.41, 5.74) is 5.15. The van der Waals surface area contributed by atoms with Gasteiger partial charge in [0.25, 0.3) is 5.91 Å². The number of nitrogens with zero attached hydrogens (tertiary/aromatic N) is 2. The van der Waals surface area contributed by atoms with Gasteiger partial charge in [-0.3, -0.25) is 9.69 Å². The average molecular weight is 500 g/mol. The van der Waals surface area contributed by atoms with E-state index in [0.717, 1.165) is 42.3 Å². The molecule has 2 heterocycles. The van der Waals surface area contributed by atoms with Gasteiger partial charge >= 0.3 is 0 Å². The second-order valence-electron chi connectivity index (χ2n) is 9.16. The summed E-state index contributed by atoms with van der Waals surface area (Å²) in [6, 6.07) is 26.5. The first-order valence-electron chi connectivity index (χ1n) is 12.3. The number of benzene rings is 3. The van der Waals surface area contributed by atoms with Gasteiger partial charge in [0.05, 0.1) is 6.04 Å². The van der Waals surface area contributed by atoms with Crippen LogP contribution < -0.4 is 10.2 Å². The van der Waals surface area contributed by atoms with Gasteiger partial charge in [-0.2, -0.15) is 0 Å². The number of nitrogens with one attached hydrogen (secondary N) is 1. The minimum absolute atomic E-state index is 0.0838. The largest absolute Gasteiger partial charge is 0.369 e. The zero-order valence-corrected chi connectivity index (χ0v) is 21.4. The molecule has 1 amide bonds. The van der Waals surface area contributed by atoms with Gasteiger partial charge in [0.2, 0.25) is 0 Å². The zero-order chi connectivity index (χ0) is 25.1. The molecule has 36 heavy (non-hydrogen) atoms. The Morgan fingerprint density at radius 2 is 1.47 bits per heavy atom. The quantitative estimate of drug-likeness (QED) is 0.322. The molecule has 0 unspecified atom stereocenters. The summed E-state index contributed by atoms with van der Waals surface area (Å²) in [4.78, 5) is 19.1. The van der Waals surface area contributed by atoms with Crippen LogP contribution in [-0.2, 0) is 0 Å². The van der Waals surface area contributed by atoms with E-state index in [-0.39, 0.29) is 17.8 Å². The first-order chi connectivity index (χ1) is 17.5. The lowest BCUT2D eigenvalue weighted by molar-refractivity contribution is 0.102. The number of carbonyl (C=O) groups excluding carboxylic acids is 1. The van der Waals surface area contributed by atoms with E-state index in [2.05, 4.69) is 53.2 Å². The van der Waals surface area contributed by atoms with Crippen molar-refractivity contribution in [1.29, 1.82) is 0 Å². The summed E-state index contributed by atoms with van der Waals surface area (Å²) in [7, 11) is 0. The van der Waals surface area contributed by atoms with Crippen molar-refractivity contribution in [3.63, 3.8) is 0 Å². The number of amides is 1. The monoisotopic (exact) mass is 499 g/mol. The number of hydrogen-bond acceptors (Lipinski definition) is 4. The molecule has 0 aliphatic carbocycles. The predicted octanol–water partition coefficient (Wildman–Crippen LogP) is 6.67. The van der Waals surface area contributed by atoms with Gasteiger partial charge in [-0.25, -0.2) is 4.39 Å². The highest BCUT2D eigenvalue weighted by Crippen LogP contribution is 2.42. The molecule has 0 radical (unpaired) electrons. The third-order valence-corrected chi connectivity index (χ3v) is 8.09. The summed E-state index contributed by atoms with van der Waals surface area (Å²) < 4.78 is 13.9. The fourth-order valence-corrected chi connectivity index (χ4v) is 6.00. The van der Waals surface area contributed by atoms with Crippen LogP contribution in [0.25, 0.3) is 0 Å². The first-order valence-corrected chi connectivity index (χ1v) is 13.1. The Hall–Kier alpha value is -3.48. The molecule has 6 heteroatoms. The highest BCUT2D eigenvalue weighted by Gasteiger charge is 2.31. The maximum Gasteiger partial charge on any atom is 0.256 e. The van der Waals surface area contributed by atoms with E-state index >= 15 is 0 Å². The summed E-state index contributed by atoms with van der Waals surface area (Å²) in [6.45, 7) is 7.73. The molecule has 0 saturated carbocycles. The number of piperazine rings is 1. The lowest BCUT2D eigenvalue weighted by atomic mass is 9.94. The molecule has 4 nitrogen and oxygen atoms in total. The normalized spacial score (nSPS) is 15.0. The number of halogens is 1. The van der Waals surface area contributed by atoms with Gasteiger partial charge in [0, 0.05) is 47.9 Å². The van der Waals surface area contributed by atoms with Crippen LogP contribution in [0.5, 0.6) is 0 Å². The van der Waals surface area contributed by atoms with Gasteiger partial charge in [0.15, 0.2) is 0 Å². The average Bonchev–Trinajstić information content (AvgIpc) is 3.19. The van der Waals surface area contributed by atoms with E-state index in [0.29, 0.717) is 5.56 Å². The Morgan fingerprint density at radius 3 is 2.11 bits per heavy atom. The van der Waals surface area contributed by atoms with E-state index in [1.165, 1.54) is 28.3 Å². The van der Waals surface area contributed by atoms with Gasteiger partial charge < -0.3 is 10.2 Å². The smallest absolute Gasteiger partial charge is 0.256 e. The van der Waals surface area contributed by atoms with E-state index in [4.69, 9.17) is 0 Å². The second kappa shape index (κ2) is 10.6. The summed E-state index contributed by atoms with van der Waals surface area (Å²) >= 11 is 1.61. The zero-order valence-electron chi connectivity index (χ0n) is 20.6. The number of thiophene rings is 1. The molecule has 4 aromatic rings. The fraction of sp³-hybridized carbons (Fsp3) is 0.233. The second-order valence-corrected chi connectivity index (χ2v) is 10.4. The number of carbonyl (C=O) groups is 1. The molecule has 3 aromatic carbocycles. The van der Waals surface area contributed by atoms with Gasteiger partial charge in [-0.05, 0) is 61.4 Å². The molecule has 1 atom stereocenters. The first kappa shape index (κ1) is 24.2. The fourth-order valence-electron chi connectivity index (χ4n) is 4.91. The highest BCUT2D eigenvalue weighted by molar-refractivity contribution is 7.16. The molecule has 1 aliphatic heterocycles. The Morgan fingerprint density at radius 1 is 0.861 bits per heavy atom. The van der Waals surface area contributed by atoms with Crippen molar-refractivity contribution in [2.75, 3.05) is 36.4 Å². The number of hydrogen-bond donors (Lipinski definition) is 1. The summed E-state index contributed by atoms with van der Waals surface area (Å²) in [5, 5.41) is 4.05. The van der Waals surface area contributed by atoms with Crippen LogP contribution in [0, 0.1) is 19.7 Å². The van der Waals surface area contributed by atoms with Gasteiger partial charge in [-0.1, -0.05) is 48.5 Å². The van der Waals surface area contributed by atoms with E-state index < -0.39 is 0 Å². The van der Waals surface area contributed by atoms with Crippen LogP contribution in [0.1, 0.15) is 38.0 Å².